The summed E-state index contributed by atoms with van der Waals surface area (Å²) in [7, 11) is 2.03. The largest absolute Gasteiger partial charge is 0.378 e. The fourth-order valence-electron chi connectivity index (χ4n) is 3.25. The van der Waals surface area contributed by atoms with Gasteiger partial charge in [0.05, 0.1) is 19.3 Å². The second-order valence-electron chi connectivity index (χ2n) is 6.06. The molecule has 2 unspecified atom stereocenters. The summed E-state index contributed by atoms with van der Waals surface area (Å²) in [5, 5.41) is 3.35. The predicted octanol–water partition coefficient (Wildman–Crippen LogP) is 0.554. The van der Waals surface area contributed by atoms with E-state index in [1.54, 1.807) is 0 Å². The molecule has 2 fully saturated rings. The normalized spacial score (nSPS) is 25.4. The Hall–Kier alpha value is -0.650. The summed E-state index contributed by atoms with van der Waals surface area (Å²) < 4.78 is 5.31. The van der Waals surface area contributed by atoms with Crippen LogP contribution in [0.4, 0.5) is 0 Å². The second-order valence-corrected chi connectivity index (χ2v) is 6.06. The van der Waals surface area contributed by atoms with Crippen LogP contribution in [-0.2, 0) is 9.53 Å². The topological polar surface area (TPSA) is 44.8 Å². The molecule has 20 heavy (non-hydrogen) atoms. The minimum atomic E-state index is 0.0129. The van der Waals surface area contributed by atoms with Crippen molar-refractivity contribution < 1.29 is 9.53 Å². The fourth-order valence-corrected chi connectivity index (χ4v) is 3.25. The number of amides is 1. The molecule has 1 amide bonds. The number of carbonyl (C=O) groups is 1. The van der Waals surface area contributed by atoms with Gasteiger partial charge in [-0.1, -0.05) is 0 Å². The molecule has 0 spiro atoms. The Bertz CT molecular complexity index is 310. The number of ether oxygens (including phenoxy) is 1. The SMILES string of the molecule is CNC(C)C1CCN(C(C)C(=O)N2CCOCC2)CC1. The zero-order valence-corrected chi connectivity index (χ0v) is 13.1. The second kappa shape index (κ2) is 7.38. The summed E-state index contributed by atoms with van der Waals surface area (Å²) in [4.78, 5) is 16.8. The van der Waals surface area contributed by atoms with Gasteiger partial charge in [0.2, 0.25) is 5.91 Å². The number of piperidine rings is 1. The number of carbonyl (C=O) groups excluding carboxylic acids is 1. The lowest BCUT2D eigenvalue weighted by Gasteiger charge is -2.39. The van der Waals surface area contributed by atoms with E-state index in [4.69, 9.17) is 4.74 Å². The van der Waals surface area contributed by atoms with Crippen molar-refractivity contribution in [3.63, 3.8) is 0 Å². The van der Waals surface area contributed by atoms with Crippen LogP contribution in [-0.4, -0.2) is 74.2 Å². The van der Waals surface area contributed by atoms with Crippen molar-refractivity contribution in [2.24, 2.45) is 5.92 Å². The van der Waals surface area contributed by atoms with Gasteiger partial charge >= 0.3 is 0 Å². The first kappa shape index (κ1) is 15.7. The summed E-state index contributed by atoms with van der Waals surface area (Å²) in [5.41, 5.74) is 0. The summed E-state index contributed by atoms with van der Waals surface area (Å²) in [6, 6.07) is 0.585. The highest BCUT2D eigenvalue weighted by Crippen LogP contribution is 2.22. The van der Waals surface area contributed by atoms with Crippen LogP contribution in [0, 0.1) is 5.92 Å². The lowest BCUT2D eigenvalue weighted by atomic mass is 9.90. The number of hydrogen-bond acceptors (Lipinski definition) is 4. The number of nitrogens with zero attached hydrogens (tertiary/aromatic N) is 2. The Morgan fingerprint density at radius 1 is 1.15 bits per heavy atom. The lowest BCUT2D eigenvalue weighted by molar-refractivity contribution is -0.141. The number of morpholine rings is 1. The summed E-state index contributed by atoms with van der Waals surface area (Å²) in [6.45, 7) is 9.23. The van der Waals surface area contributed by atoms with Crippen LogP contribution in [0.3, 0.4) is 0 Å². The Kier molecular flexibility index (Phi) is 5.81. The van der Waals surface area contributed by atoms with Crippen LogP contribution >= 0.6 is 0 Å². The molecule has 116 valence electrons. The molecule has 5 nitrogen and oxygen atoms in total. The molecule has 0 aromatic rings. The Labute approximate surface area is 122 Å². The first-order chi connectivity index (χ1) is 9.63. The van der Waals surface area contributed by atoms with Gasteiger partial charge in [0.15, 0.2) is 0 Å². The third-order valence-corrected chi connectivity index (χ3v) is 4.96. The van der Waals surface area contributed by atoms with Gasteiger partial charge in [-0.25, -0.2) is 0 Å². The monoisotopic (exact) mass is 283 g/mol. The number of likely N-dealkylation sites (tertiary alicyclic amines) is 1. The maximum atomic E-state index is 12.5. The van der Waals surface area contributed by atoms with Gasteiger partial charge in [-0.3, -0.25) is 9.69 Å². The Morgan fingerprint density at radius 2 is 1.75 bits per heavy atom. The van der Waals surface area contributed by atoms with E-state index in [0.29, 0.717) is 19.3 Å². The van der Waals surface area contributed by atoms with Crippen LogP contribution in [0.1, 0.15) is 26.7 Å². The molecule has 0 aromatic carbocycles. The number of nitrogens with one attached hydrogen (secondary N) is 1. The van der Waals surface area contributed by atoms with Crippen LogP contribution in [0.25, 0.3) is 0 Å². The zero-order chi connectivity index (χ0) is 14.5. The van der Waals surface area contributed by atoms with Crippen molar-refractivity contribution in [3.05, 3.63) is 0 Å². The summed E-state index contributed by atoms with van der Waals surface area (Å²) in [5.74, 6) is 1.01. The van der Waals surface area contributed by atoms with E-state index in [2.05, 4.69) is 24.1 Å². The van der Waals surface area contributed by atoms with E-state index in [1.807, 2.05) is 11.9 Å². The van der Waals surface area contributed by atoms with Crippen LogP contribution < -0.4 is 5.32 Å². The molecule has 5 heteroatoms. The van der Waals surface area contributed by atoms with E-state index < -0.39 is 0 Å². The number of rotatable bonds is 4. The quantitative estimate of drug-likeness (QED) is 0.818. The maximum Gasteiger partial charge on any atom is 0.239 e. The standard InChI is InChI=1S/C15H29N3O2/c1-12(16-3)14-4-6-17(7-5-14)13(2)15(19)18-8-10-20-11-9-18/h12-14,16H,4-11H2,1-3H3. The van der Waals surface area contributed by atoms with Crippen LogP contribution in [0.5, 0.6) is 0 Å². The average Bonchev–Trinajstić information content (AvgIpc) is 2.53. The van der Waals surface area contributed by atoms with Crippen molar-refractivity contribution in [3.8, 4) is 0 Å². The predicted molar refractivity (Wildman–Crippen MR) is 79.7 cm³/mol. The third-order valence-electron chi connectivity index (χ3n) is 4.96. The molecule has 2 atom stereocenters. The molecule has 2 aliphatic heterocycles. The van der Waals surface area contributed by atoms with Gasteiger partial charge in [0.1, 0.15) is 0 Å². The lowest BCUT2D eigenvalue weighted by Crippen LogP contribution is -2.53. The molecule has 0 saturated carbocycles. The van der Waals surface area contributed by atoms with Crippen molar-refractivity contribution in [2.45, 2.75) is 38.8 Å². The van der Waals surface area contributed by atoms with Gasteiger partial charge in [-0.05, 0) is 52.7 Å². The smallest absolute Gasteiger partial charge is 0.239 e. The minimum absolute atomic E-state index is 0.0129. The van der Waals surface area contributed by atoms with E-state index in [0.717, 1.165) is 32.1 Å². The molecule has 0 bridgehead atoms. The van der Waals surface area contributed by atoms with Gasteiger partial charge in [0.25, 0.3) is 0 Å². The summed E-state index contributed by atoms with van der Waals surface area (Å²) in [6.07, 6.45) is 2.37. The van der Waals surface area contributed by atoms with Crippen molar-refractivity contribution in [1.29, 1.82) is 0 Å². The van der Waals surface area contributed by atoms with E-state index in [1.165, 1.54) is 12.8 Å². The van der Waals surface area contributed by atoms with Gasteiger partial charge in [0, 0.05) is 19.1 Å². The van der Waals surface area contributed by atoms with E-state index in [9.17, 15) is 4.79 Å². The highest BCUT2D eigenvalue weighted by Gasteiger charge is 2.31. The molecule has 0 radical (unpaired) electrons. The fraction of sp³-hybridized carbons (Fsp3) is 0.933. The molecule has 2 saturated heterocycles. The minimum Gasteiger partial charge on any atom is -0.378 e. The summed E-state index contributed by atoms with van der Waals surface area (Å²) >= 11 is 0. The van der Waals surface area contributed by atoms with Gasteiger partial charge < -0.3 is 15.0 Å². The third kappa shape index (κ3) is 3.71. The highest BCUT2D eigenvalue weighted by atomic mass is 16.5. The molecule has 2 rings (SSSR count). The van der Waals surface area contributed by atoms with Crippen LogP contribution in [0.2, 0.25) is 0 Å². The molecule has 1 N–H and O–H groups in total. The molecular weight excluding hydrogens is 254 g/mol. The molecule has 0 aliphatic carbocycles. The molecule has 0 aromatic heterocycles. The Balaban J connectivity index is 1.81. The first-order valence-electron chi connectivity index (χ1n) is 7.91. The highest BCUT2D eigenvalue weighted by molar-refractivity contribution is 5.81. The first-order valence-corrected chi connectivity index (χ1v) is 7.91. The van der Waals surface area contributed by atoms with Crippen molar-refractivity contribution in [1.82, 2.24) is 15.1 Å². The Morgan fingerprint density at radius 3 is 2.30 bits per heavy atom. The van der Waals surface area contributed by atoms with Crippen molar-refractivity contribution in [2.75, 3.05) is 46.4 Å². The molecule has 2 heterocycles. The van der Waals surface area contributed by atoms with Gasteiger partial charge in [-0.15, -0.1) is 0 Å². The van der Waals surface area contributed by atoms with E-state index in [-0.39, 0.29) is 11.9 Å². The zero-order valence-electron chi connectivity index (χ0n) is 13.1. The van der Waals surface area contributed by atoms with Crippen molar-refractivity contribution >= 4 is 5.91 Å². The molecular formula is C15H29N3O2. The van der Waals surface area contributed by atoms with Gasteiger partial charge in [-0.2, -0.15) is 0 Å². The van der Waals surface area contributed by atoms with Crippen LogP contribution in [0.15, 0.2) is 0 Å². The maximum absolute atomic E-state index is 12.5. The van der Waals surface area contributed by atoms with E-state index >= 15 is 0 Å². The number of hydrogen-bond donors (Lipinski definition) is 1. The average molecular weight is 283 g/mol. The molecule has 2 aliphatic rings.